The second kappa shape index (κ2) is 8.27. The maximum atomic E-state index is 13.1. The lowest BCUT2D eigenvalue weighted by Crippen LogP contribution is -2.52. The van der Waals surface area contributed by atoms with Gasteiger partial charge in [0, 0.05) is 50.0 Å². The topological polar surface area (TPSA) is 58.4 Å². The van der Waals surface area contributed by atoms with Crippen molar-refractivity contribution in [3.8, 4) is 0 Å². The molecule has 2 aromatic rings. The number of halogens is 1. The number of hydrogen-bond acceptors (Lipinski definition) is 5. The largest absolute Gasteiger partial charge is 0.367 e. The van der Waals surface area contributed by atoms with Crippen LogP contribution in [0.15, 0.2) is 40.3 Å². The Morgan fingerprint density at radius 1 is 1.17 bits per heavy atom. The van der Waals surface area contributed by atoms with Crippen LogP contribution in [-0.4, -0.2) is 52.3 Å². The zero-order chi connectivity index (χ0) is 21.5. The van der Waals surface area contributed by atoms with Crippen LogP contribution >= 0.6 is 23.4 Å². The van der Waals surface area contributed by atoms with E-state index in [4.69, 9.17) is 11.6 Å². The van der Waals surface area contributed by atoms with Crippen molar-refractivity contribution in [2.45, 2.75) is 37.9 Å². The fourth-order valence-corrected chi connectivity index (χ4v) is 5.22. The molecule has 0 spiro atoms. The Bertz CT molecular complexity index is 1010. The van der Waals surface area contributed by atoms with Crippen molar-refractivity contribution in [1.29, 1.82) is 0 Å². The SMILES string of the molecule is CC(C)(C)c1cc(=O)n2c(n1)SCC(C(=O)N1CCN(c3ccccc3Cl)CC1)C2. The number of rotatable bonds is 2. The molecule has 1 aromatic heterocycles. The minimum Gasteiger partial charge on any atom is -0.367 e. The highest BCUT2D eigenvalue weighted by molar-refractivity contribution is 7.99. The van der Waals surface area contributed by atoms with Crippen molar-refractivity contribution >= 4 is 35.0 Å². The molecule has 1 saturated heterocycles. The first-order valence-corrected chi connectivity index (χ1v) is 11.6. The van der Waals surface area contributed by atoms with Crippen LogP contribution in [0.25, 0.3) is 0 Å². The third-order valence-corrected chi connectivity index (χ3v) is 7.15. The van der Waals surface area contributed by atoms with Gasteiger partial charge < -0.3 is 9.80 Å². The number of fused-ring (bicyclic) bond motifs is 1. The van der Waals surface area contributed by atoms with Gasteiger partial charge >= 0.3 is 0 Å². The summed E-state index contributed by atoms with van der Waals surface area (Å²) in [5.74, 6) is 0.581. The first-order chi connectivity index (χ1) is 14.2. The lowest BCUT2D eigenvalue weighted by Gasteiger charge is -2.38. The first kappa shape index (κ1) is 21.2. The molecule has 1 amide bonds. The molecule has 0 saturated carbocycles. The van der Waals surface area contributed by atoms with Gasteiger partial charge in [0.15, 0.2) is 5.16 Å². The standard InChI is InChI=1S/C22H27ClN4O2S/c1-22(2,3)18-12-19(28)27-13-15(14-30-21(27)24-18)20(29)26-10-8-25(9-11-26)17-7-5-4-6-16(17)23/h4-7,12,15H,8-11,13-14H2,1-3H3. The normalized spacial score (nSPS) is 19.5. The van der Waals surface area contributed by atoms with Gasteiger partial charge in [-0.05, 0) is 12.1 Å². The Labute approximate surface area is 186 Å². The number of piperazine rings is 1. The summed E-state index contributed by atoms with van der Waals surface area (Å²) in [4.78, 5) is 34.6. The van der Waals surface area contributed by atoms with Gasteiger partial charge in [-0.25, -0.2) is 4.98 Å². The molecule has 0 aliphatic carbocycles. The van der Waals surface area contributed by atoms with Crippen molar-refractivity contribution in [3.63, 3.8) is 0 Å². The predicted molar refractivity (Wildman–Crippen MR) is 122 cm³/mol. The zero-order valence-electron chi connectivity index (χ0n) is 17.6. The van der Waals surface area contributed by atoms with Gasteiger partial charge in [-0.1, -0.05) is 56.3 Å². The van der Waals surface area contributed by atoms with Crippen LogP contribution in [0.3, 0.4) is 0 Å². The fourth-order valence-electron chi connectivity index (χ4n) is 3.88. The summed E-state index contributed by atoms with van der Waals surface area (Å²) in [5, 5.41) is 1.46. The van der Waals surface area contributed by atoms with E-state index in [1.54, 1.807) is 10.6 Å². The number of amides is 1. The Kier molecular flexibility index (Phi) is 5.86. The zero-order valence-corrected chi connectivity index (χ0v) is 19.2. The Hall–Kier alpha value is -1.99. The maximum absolute atomic E-state index is 13.1. The number of benzene rings is 1. The van der Waals surface area contributed by atoms with Crippen LogP contribution in [0.4, 0.5) is 5.69 Å². The van der Waals surface area contributed by atoms with Crippen LogP contribution in [0.2, 0.25) is 5.02 Å². The maximum Gasteiger partial charge on any atom is 0.254 e. The number of para-hydroxylation sites is 1. The van der Waals surface area contributed by atoms with Crippen LogP contribution in [-0.2, 0) is 16.8 Å². The number of anilines is 1. The van der Waals surface area contributed by atoms with Crippen molar-refractivity contribution in [3.05, 3.63) is 51.4 Å². The molecule has 1 aromatic carbocycles. The van der Waals surface area contributed by atoms with Crippen LogP contribution < -0.4 is 10.5 Å². The average molecular weight is 447 g/mol. The van der Waals surface area contributed by atoms with Crippen molar-refractivity contribution in [2.75, 3.05) is 36.8 Å². The summed E-state index contributed by atoms with van der Waals surface area (Å²) >= 11 is 7.83. The molecular formula is C22H27ClN4O2S. The third-order valence-electron chi connectivity index (χ3n) is 5.69. The Morgan fingerprint density at radius 2 is 1.87 bits per heavy atom. The number of aromatic nitrogens is 2. The monoisotopic (exact) mass is 446 g/mol. The van der Waals surface area contributed by atoms with Gasteiger partial charge in [-0.2, -0.15) is 0 Å². The number of carbonyl (C=O) groups is 1. The Balaban J connectivity index is 1.43. The number of hydrogen-bond donors (Lipinski definition) is 0. The summed E-state index contributed by atoms with van der Waals surface area (Å²) < 4.78 is 1.66. The minimum absolute atomic E-state index is 0.0709. The second-order valence-corrected chi connectivity index (χ2v) is 10.3. The Morgan fingerprint density at radius 3 is 2.53 bits per heavy atom. The molecule has 1 unspecified atom stereocenters. The first-order valence-electron chi connectivity index (χ1n) is 10.3. The van der Waals surface area contributed by atoms with E-state index >= 15 is 0 Å². The molecule has 1 fully saturated rings. The fraction of sp³-hybridized carbons (Fsp3) is 0.500. The van der Waals surface area contributed by atoms with E-state index in [1.165, 1.54) is 11.8 Å². The predicted octanol–water partition coefficient (Wildman–Crippen LogP) is 3.26. The molecule has 3 heterocycles. The highest BCUT2D eigenvalue weighted by atomic mass is 35.5. The molecule has 0 radical (unpaired) electrons. The molecule has 6 nitrogen and oxygen atoms in total. The summed E-state index contributed by atoms with van der Waals surface area (Å²) in [6.07, 6.45) is 0. The molecule has 4 rings (SSSR count). The summed E-state index contributed by atoms with van der Waals surface area (Å²) in [7, 11) is 0. The highest BCUT2D eigenvalue weighted by Gasteiger charge is 2.32. The number of thioether (sulfide) groups is 1. The van der Waals surface area contributed by atoms with E-state index in [1.807, 2.05) is 49.9 Å². The lowest BCUT2D eigenvalue weighted by molar-refractivity contribution is -0.135. The lowest BCUT2D eigenvalue weighted by atomic mass is 9.92. The molecule has 1 atom stereocenters. The molecule has 30 heavy (non-hydrogen) atoms. The van der Waals surface area contributed by atoms with Gasteiger partial charge in [0.2, 0.25) is 5.91 Å². The smallest absolute Gasteiger partial charge is 0.254 e. The van der Waals surface area contributed by atoms with Gasteiger partial charge in [0.1, 0.15) is 0 Å². The van der Waals surface area contributed by atoms with Crippen molar-refractivity contribution < 1.29 is 4.79 Å². The van der Waals surface area contributed by atoms with E-state index < -0.39 is 0 Å². The quantitative estimate of drug-likeness (QED) is 0.662. The van der Waals surface area contributed by atoms with Crippen molar-refractivity contribution in [1.82, 2.24) is 14.5 Å². The van der Waals surface area contributed by atoms with Crippen LogP contribution in [0.1, 0.15) is 26.5 Å². The van der Waals surface area contributed by atoms with E-state index in [0.717, 1.165) is 34.6 Å². The van der Waals surface area contributed by atoms with Gasteiger partial charge in [-0.3, -0.25) is 14.2 Å². The van der Waals surface area contributed by atoms with Gasteiger partial charge in [-0.15, -0.1) is 0 Å². The molecular weight excluding hydrogens is 420 g/mol. The van der Waals surface area contributed by atoms with E-state index in [2.05, 4.69) is 9.88 Å². The summed E-state index contributed by atoms with van der Waals surface area (Å²) in [6, 6.07) is 9.42. The average Bonchev–Trinajstić information content (AvgIpc) is 2.73. The summed E-state index contributed by atoms with van der Waals surface area (Å²) in [5.41, 5.74) is 1.56. The molecule has 0 bridgehead atoms. The van der Waals surface area contributed by atoms with E-state index in [0.29, 0.717) is 25.4 Å². The van der Waals surface area contributed by atoms with E-state index in [9.17, 15) is 9.59 Å². The highest BCUT2D eigenvalue weighted by Crippen LogP contribution is 2.30. The van der Waals surface area contributed by atoms with E-state index in [-0.39, 0.29) is 22.8 Å². The molecule has 2 aliphatic heterocycles. The number of carbonyl (C=O) groups excluding carboxylic acids is 1. The molecule has 2 aliphatic rings. The van der Waals surface area contributed by atoms with Gasteiger partial charge in [0.05, 0.1) is 22.3 Å². The second-order valence-electron chi connectivity index (χ2n) is 8.89. The van der Waals surface area contributed by atoms with Gasteiger partial charge in [0.25, 0.3) is 5.56 Å². The molecule has 8 heteroatoms. The van der Waals surface area contributed by atoms with Crippen LogP contribution in [0.5, 0.6) is 0 Å². The molecule has 160 valence electrons. The third kappa shape index (κ3) is 4.23. The van der Waals surface area contributed by atoms with Crippen molar-refractivity contribution in [2.24, 2.45) is 5.92 Å². The molecule has 0 N–H and O–H groups in total. The minimum atomic E-state index is -0.200. The summed E-state index contributed by atoms with van der Waals surface area (Å²) in [6.45, 7) is 9.38. The van der Waals surface area contributed by atoms with Crippen LogP contribution in [0, 0.1) is 5.92 Å². The number of nitrogens with zero attached hydrogens (tertiary/aromatic N) is 4.